The van der Waals surface area contributed by atoms with Gasteiger partial charge in [0.05, 0.1) is 17.9 Å². The van der Waals surface area contributed by atoms with Crippen LogP contribution in [-0.2, 0) is 4.74 Å². The van der Waals surface area contributed by atoms with Gasteiger partial charge in [0.25, 0.3) is 0 Å². The van der Waals surface area contributed by atoms with E-state index >= 15 is 0 Å². The number of terminal acetylenes is 1. The summed E-state index contributed by atoms with van der Waals surface area (Å²) in [5.41, 5.74) is 0.883. The molecule has 3 heteroatoms. The fraction of sp³-hybridized carbons (Fsp3) is 0.273. The summed E-state index contributed by atoms with van der Waals surface area (Å²) in [5.74, 6) is 8.21. The van der Waals surface area contributed by atoms with Crippen molar-refractivity contribution in [3.63, 3.8) is 0 Å². The maximum Gasteiger partial charge on any atom is 0.147 e. The summed E-state index contributed by atoms with van der Waals surface area (Å²) in [7, 11) is 0. The molecule has 1 rings (SSSR count). The van der Waals surface area contributed by atoms with Gasteiger partial charge >= 0.3 is 0 Å². The molecule has 0 saturated heterocycles. The smallest absolute Gasteiger partial charge is 0.147 e. The summed E-state index contributed by atoms with van der Waals surface area (Å²) >= 11 is 3.22. The summed E-state index contributed by atoms with van der Waals surface area (Å²) in [6.07, 6.45) is 7.98. The first kappa shape index (κ1) is 10.9. The van der Waals surface area contributed by atoms with Gasteiger partial charge in [0, 0.05) is 5.56 Å². The van der Waals surface area contributed by atoms with Crippen LogP contribution in [0.5, 0.6) is 0 Å². The van der Waals surface area contributed by atoms with Crippen LogP contribution < -0.4 is 0 Å². The van der Waals surface area contributed by atoms with E-state index in [-0.39, 0.29) is 12.7 Å². The van der Waals surface area contributed by atoms with Crippen molar-refractivity contribution in [2.45, 2.75) is 6.10 Å². The van der Waals surface area contributed by atoms with Crippen molar-refractivity contribution in [2.75, 3.05) is 11.9 Å². The van der Waals surface area contributed by atoms with E-state index in [4.69, 9.17) is 15.6 Å². The summed E-state index contributed by atoms with van der Waals surface area (Å²) in [5, 5.41) is 0.612. The molecule has 0 aliphatic heterocycles. The highest BCUT2D eigenvalue weighted by atomic mass is 79.9. The molecule has 0 aliphatic rings. The highest BCUT2D eigenvalue weighted by Crippen LogP contribution is 2.16. The zero-order chi connectivity index (χ0) is 10.2. The standard InChI is InChI=1S/C11H9BrO2/c1-2-7-14-11(4-3-6-12)10-5-8-13-9-10/h1,5,8-9,11H,6-7H2/t11-/m0/s1. The molecule has 0 radical (unpaired) electrons. The number of halogens is 1. The van der Waals surface area contributed by atoms with Crippen molar-refractivity contribution >= 4 is 15.9 Å². The van der Waals surface area contributed by atoms with E-state index in [1.165, 1.54) is 0 Å². The van der Waals surface area contributed by atoms with Gasteiger partial charge in [0.2, 0.25) is 0 Å². The van der Waals surface area contributed by atoms with Crippen LogP contribution in [0.15, 0.2) is 23.0 Å². The Morgan fingerprint density at radius 1 is 1.64 bits per heavy atom. The van der Waals surface area contributed by atoms with E-state index in [9.17, 15) is 0 Å². The second kappa shape index (κ2) is 6.32. The highest BCUT2D eigenvalue weighted by molar-refractivity contribution is 9.09. The molecule has 2 nitrogen and oxygen atoms in total. The number of rotatable bonds is 3. The Morgan fingerprint density at radius 2 is 2.50 bits per heavy atom. The third kappa shape index (κ3) is 3.30. The average Bonchev–Trinajstić information content (AvgIpc) is 2.71. The molecule has 0 aliphatic carbocycles. The number of furan rings is 1. The SMILES string of the molecule is C#CCO[C@@H](C#CCBr)c1ccoc1. The molecular weight excluding hydrogens is 244 g/mol. The van der Waals surface area contributed by atoms with Crippen LogP contribution in [0, 0.1) is 24.2 Å². The van der Waals surface area contributed by atoms with Gasteiger partial charge in [-0.3, -0.25) is 0 Å². The third-order valence-corrected chi connectivity index (χ3v) is 1.76. The van der Waals surface area contributed by atoms with Crippen LogP contribution in [0.1, 0.15) is 11.7 Å². The van der Waals surface area contributed by atoms with Gasteiger partial charge in [-0.1, -0.05) is 33.7 Å². The maximum atomic E-state index is 5.35. The summed E-state index contributed by atoms with van der Waals surface area (Å²) in [6, 6.07) is 1.81. The summed E-state index contributed by atoms with van der Waals surface area (Å²) < 4.78 is 10.3. The first-order valence-electron chi connectivity index (χ1n) is 4.00. The van der Waals surface area contributed by atoms with E-state index < -0.39 is 0 Å². The Bertz CT molecular complexity index is 351. The molecule has 0 N–H and O–H groups in total. The van der Waals surface area contributed by atoms with E-state index in [1.54, 1.807) is 12.5 Å². The third-order valence-electron chi connectivity index (χ3n) is 1.48. The lowest BCUT2D eigenvalue weighted by Gasteiger charge is -2.06. The molecule has 1 aromatic heterocycles. The minimum absolute atomic E-state index is 0.243. The second-order valence-electron chi connectivity index (χ2n) is 2.41. The van der Waals surface area contributed by atoms with Gasteiger partial charge in [0.15, 0.2) is 0 Å². The predicted molar refractivity (Wildman–Crippen MR) is 57.8 cm³/mol. The molecule has 0 unspecified atom stereocenters. The van der Waals surface area contributed by atoms with Crippen molar-refractivity contribution < 1.29 is 9.15 Å². The first-order chi connectivity index (χ1) is 6.88. The first-order valence-corrected chi connectivity index (χ1v) is 5.12. The van der Waals surface area contributed by atoms with Gasteiger partial charge in [-0.15, -0.1) is 6.42 Å². The van der Waals surface area contributed by atoms with Gasteiger partial charge in [0.1, 0.15) is 12.7 Å². The fourth-order valence-electron chi connectivity index (χ4n) is 0.908. The van der Waals surface area contributed by atoms with Crippen molar-refractivity contribution in [2.24, 2.45) is 0 Å². The molecule has 1 atom stereocenters. The molecular formula is C11H9BrO2. The summed E-state index contributed by atoms with van der Waals surface area (Å²) in [4.78, 5) is 0. The van der Waals surface area contributed by atoms with E-state index in [2.05, 4.69) is 33.7 Å². The van der Waals surface area contributed by atoms with Crippen LogP contribution in [0.2, 0.25) is 0 Å². The van der Waals surface area contributed by atoms with Crippen LogP contribution in [0.3, 0.4) is 0 Å². The average molecular weight is 253 g/mol. The Balaban J connectivity index is 2.68. The largest absolute Gasteiger partial charge is 0.472 e. The zero-order valence-electron chi connectivity index (χ0n) is 7.50. The van der Waals surface area contributed by atoms with Crippen LogP contribution in [0.4, 0.5) is 0 Å². The minimum Gasteiger partial charge on any atom is -0.472 e. The molecule has 72 valence electrons. The topological polar surface area (TPSA) is 22.4 Å². The normalized spacial score (nSPS) is 11.1. The van der Waals surface area contributed by atoms with Crippen molar-refractivity contribution in [3.8, 4) is 24.2 Å². The lowest BCUT2D eigenvalue weighted by molar-refractivity contribution is 0.121. The van der Waals surface area contributed by atoms with Crippen molar-refractivity contribution in [3.05, 3.63) is 24.2 Å². The second-order valence-corrected chi connectivity index (χ2v) is 2.97. The van der Waals surface area contributed by atoms with Gasteiger partial charge in [-0.25, -0.2) is 0 Å². The highest BCUT2D eigenvalue weighted by Gasteiger charge is 2.08. The molecule has 14 heavy (non-hydrogen) atoms. The maximum absolute atomic E-state index is 5.35. The molecule has 1 aromatic rings. The Hall–Kier alpha value is -1.16. The molecule has 0 saturated carbocycles. The number of ether oxygens (including phenoxy) is 1. The number of alkyl halides is 1. The molecule has 1 heterocycles. The molecule has 0 aromatic carbocycles. The van der Waals surface area contributed by atoms with E-state index in [1.807, 2.05) is 6.07 Å². The summed E-state index contributed by atoms with van der Waals surface area (Å²) in [6.45, 7) is 0.243. The van der Waals surface area contributed by atoms with E-state index in [0.29, 0.717) is 5.33 Å². The molecule has 0 bridgehead atoms. The molecule has 0 spiro atoms. The van der Waals surface area contributed by atoms with E-state index in [0.717, 1.165) is 5.56 Å². The molecule has 0 fully saturated rings. The van der Waals surface area contributed by atoms with Gasteiger partial charge in [-0.2, -0.15) is 0 Å². The number of hydrogen-bond donors (Lipinski definition) is 0. The lowest BCUT2D eigenvalue weighted by atomic mass is 10.2. The Morgan fingerprint density at radius 3 is 3.07 bits per heavy atom. The van der Waals surface area contributed by atoms with Gasteiger partial charge < -0.3 is 9.15 Å². The van der Waals surface area contributed by atoms with Gasteiger partial charge in [-0.05, 0) is 6.07 Å². The Labute approximate surface area is 91.8 Å². The van der Waals surface area contributed by atoms with Crippen LogP contribution >= 0.6 is 15.9 Å². The quantitative estimate of drug-likeness (QED) is 0.609. The monoisotopic (exact) mass is 252 g/mol. The number of hydrogen-bond acceptors (Lipinski definition) is 2. The predicted octanol–water partition coefficient (Wildman–Crippen LogP) is 2.37. The van der Waals surface area contributed by atoms with Crippen LogP contribution in [-0.4, -0.2) is 11.9 Å². The minimum atomic E-state index is -0.303. The van der Waals surface area contributed by atoms with Crippen molar-refractivity contribution in [1.29, 1.82) is 0 Å². The Kier molecular flexibility index (Phi) is 4.93. The zero-order valence-corrected chi connectivity index (χ0v) is 9.08. The lowest BCUT2D eigenvalue weighted by Crippen LogP contribution is -2.01. The van der Waals surface area contributed by atoms with Crippen molar-refractivity contribution in [1.82, 2.24) is 0 Å². The van der Waals surface area contributed by atoms with Crippen LogP contribution in [0.25, 0.3) is 0 Å². The fourth-order valence-corrected chi connectivity index (χ4v) is 1.07. The molecule has 0 amide bonds.